The van der Waals surface area contributed by atoms with Crippen molar-refractivity contribution >= 4 is 5.84 Å². The monoisotopic (exact) mass is 110 g/mol. The van der Waals surface area contributed by atoms with E-state index < -0.39 is 0 Å². The zero-order chi connectivity index (χ0) is 5.98. The molecule has 0 saturated carbocycles. The third-order valence-corrected chi connectivity index (χ3v) is 1.38. The van der Waals surface area contributed by atoms with Crippen molar-refractivity contribution in [2.24, 2.45) is 0 Å². The summed E-state index contributed by atoms with van der Waals surface area (Å²) in [5.41, 5.74) is 0. The summed E-state index contributed by atoms with van der Waals surface area (Å²) >= 11 is 0. The maximum Gasteiger partial charge on any atom is 0.0998 e. The van der Waals surface area contributed by atoms with Gasteiger partial charge in [-0.15, -0.1) is 0 Å². The number of rotatable bonds is 1. The molecule has 0 aromatic rings. The van der Waals surface area contributed by atoms with Gasteiger partial charge >= 0.3 is 0 Å². The second-order valence-corrected chi connectivity index (χ2v) is 1.93. The highest BCUT2D eigenvalue weighted by Crippen LogP contribution is 2.08. The van der Waals surface area contributed by atoms with E-state index in [4.69, 9.17) is 5.41 Å². The van der Waals surface area contributed by atoms with Gasteiger partial charge in [0.1, 0.15) is 0 Å². The van der Waals surface area contributed by atoms with Gasteiger partial charge < -0.3 is 4.90 Å². The van der Waals surface area contributed by atoms with Crippen molar-refractivity contribution in [3.63, 3.8) is 0 Å². The number of hydrogen-bond donors (Lipinski definition) is 1. The average molecular weight is 110 g/mol. The van der Waals surface area contributed by atoms with Crippen molar-refractivity contribution < 1.29 is 0 Å². The molecule has 2 heteroatoms. The lowest BCUT2D eigenvalue weighted by Crippen LogP contribution is -2.15. The normalized spacial score (nSPS) is 19.5. The summed E-state index contributed by atoms with van der Waals surface area (Å²) < 4.78 is 0. The molecule has 0 amide bonds. The molecule has 0 radical (unpaired) electrons. The topological polar surface area (TPSA) is 27.1 Å². The van der Waals surface area contributed by atoms with Gasteiger partial charge in [0.2, 0.25) is 0 Å². The Hall–Kier alpha value is -0.790. The number of hydrogen-bond acceptors (Lipinski definition) is 1. The molecule has 0 unspecified atom stereocenters. The molecule has 1 aliphatic rings. The second-order valence-electron chi connectivity index (χ2n) is 1.93. The number of nitrogens with zero attached hydrogens (tertiary/aromatic N) is 1. The summed E-state index contributed by atoms with van der Waals surface area (Å²) in [7, 11) is 0. The lowest BCUT2D eigenvalue weighted by molar-refractivity contribution is 0.602. The Bertz CT molecular complexity index is 118. The molecule has 1 saturated heterocycles. The van der Waals surface area contributed by atoms with E-state index in [2.05, 4.69) is 6.58 Å². The standard InChI is InChI=1S/C6H10N2/c1-2-8-5-3-4-6(8)7/h2,7H,1,3-5H2. The maximum atomic E-state index is 7.26. The van der Waals surface area contributed by atoms with Crippen LogP contribution in [0.2, 0.25) is 0 Å². The molecule has 1 N–H and O–H groups in total. The van der Waals surface area contributed by atoms with E-state index >= 15 is 0 Å². The fourth-order valence-corrected chi connectivity index (χ4v) is 0.897. The van der Waals surface area contributed by atoms with Crippen LogP contribution in [0.3, 0.4) is 0 Å². The minimum absolute atomic E-state index is 0.708. The van der Waals surface area contributed by atoms with E-state index in [0.29, 0.717) is 5.84 Å². The van der Waals surface area contributed by atoms with Crippen LogP contribution in [0.25, 0.3) is 0 Å². The zero-order valence-electron chi connectivity index (χ0n) is 4.85. The quantitative estimate of drug-likeness (QED) is 0.539. The predicted octanol–water partition coefficient (Wildman–Crippen LogP) is 1.20. The fraction of sp³-hybridized carbons (Fsp3) is 0.500. The van der Waals surface area contributed by atoms with Gasteiger partial charge in [0, 0.05) is 13.0 Å². The van der Waals surface area contributed by atoms with Gasteiger partial charge in [-0.1, -0.05) is 6.58 Å². The van der Waals surface area contributed by atoms with E-state index in [1.807, 2.05) is 4.90 Å². The van der Waals surface area contributed by atoms with Gasteiger partial charge in [0.15, 0.2) is 0 Å². The Labute approximate surface area is 49.3 Å². The van der Waals surface area contributed by atoms with Crippen molar-refractivity contribution in [3.8, 4) is 0 Å². The molecule has 0 aromatic carbocycles. The third-order valence-electron chi connectivity index (χ3n) is 1.38. The third kappa shape index (κ3) is 0.735. The molecule has 1 heterocycles. The molecule has 1 rings (SSSR count). The molecule has 2 nitrogen and oxygen atoms in total. The minimum atomic E-state index is 0.708. The van der Waals surface area contributed by atoms with E-state index in [-0.39, 0.29) is 0 Å². The van der Waals surface area contributed by atoms with E-state index in [1.54, 1.807) is 6.20 Å². The van der Waals surface area contributed by atoms with Crippen molar-refractivity contribution in [1.82, 2.24) is 4.90 Å². The molecular weight excluding hydrogens is 100 g/mol. The fourth-order valence-electron chi connectivity index (χ4n) is 0.897. The van der Waals surface area contributed by atoms with Crippen molar-refractivity contribution in [3.05, 3.63) is 12.8 Å². The van der Waals surface area contributed by atoms with E-state index in [1.165, 1.54) is 0 Å². The average Bonchev–Trinajstić information content (AvgIpc) is 2.14. The molecule has 1 aliphatic heterocycles. The van der Waals surface area contributed by atoms with Crippen molar-refractivity contribution in [1.29, 1.82) is 5.41 Å². The highest BCUT2D eigenvalue weighted by Gasteiger charge is 2.12. The largest absolute Gasteiger partial charge is 0.338 e. The lowest BCUT2D eigenvalue weighted by atomic mass is 10.4. The summed E-state index contributed by atoms with van der Waals surface area (Å²) in [6.07, 6.45) is 3.76. The number of likely N-dealkylation sites (tertiary alicyclic amines) is 1. The summed E-state index contributed by atoms with van der Waals surface area (Å²) in [6.45, 7) is 4.57. The van der Waals surface area contributed by atoms with Crippen LogP contribution in [0.4, 0.5) is 0 Å². The maximum absolute atomic E-state index is 7.26. The number of nitrogens with one attached hydrogen (secondary N) is 1. The van der Waals surface area contributed by atoms with Crippen LogP contribution >= 0.6 is 0 Å². The van der Waals surface area contributed by atoms with Crippen LogP contribution in [-0.2, 0) is 0 Å². The number of amidine groups is 1. The second kappa shape index (κ2) is 1.99. The van der Waals surface area contributed by atoms with Gasteiger partial charge in [-0.3, -0.25) is 5.41 Å². The first-order valence-corrected chi connectivity index (χ1v) is 2.81. The molecule has 0 aromatic heterocycles. The summed E-state index contributed by atoms with van der Waals surface area (Å²) in [5.74, 6) is 0.708. The molecule has 44 valence electrons. The smallest absolute Gasteiger partial charge is 0.0998 e. The zero-order valence-corrected chi connectivity index (χ0v) is 4.85. The first-order chi connectivity index (χ1) is 3.84. The van der Waals surface area contributed by atoms with Crippen LogP contribution in [0.15, 0.2) is 12.8 Å². The van der Waals surface area contributed by atoms with Gasteiger partial charge in [-0.25, -0.2) is 0 Å². The SMILES string of the molecule is C=CN1CCCC1=N. The molecule has 8 heavy (non-hydrogen) atoms. The minimum Gasteiger partial charge on any atom is -0.338 e. The molecular formula is C6H10N2. The Morgan fingerprint density at radius 2 is 2.50 bits per heavy atom. The van der Waals surface area contributed by atoms with Crippen molar-refractivity contribution in [2.45, 2.75) is 12.8 Å². The highest BCUT2D eigenvalue weighted by molar-refractivity contribution is 5.81. The van der Waals surface area contributed by atoms with Crippen LogP contribution in [0.5, 0.6) is 0 Å². The Kier molecular flexibility index (Phi) is 1.33. The predicted molar refractivity (Wildman–Crippen MR) is 33.9 cm³/mol. The van der Waals surface area contributed by atoms with E-state index in [9.17, 15) is 0 Å². The first-order valence-electron chi connectivity index (χ1n) is 2.81. The summed E-state index contributed by atoms with van der Waals surface area (Å²) in [4.78, 5) is 1.88. The Morgan fingerprint density at radius 3 is 2.75 bits per heavy atom. The van der Waals surface area contributed by atoms with Gasteiger partial charge in [-0.2, -0.15) is 0 Å². The molecule has 0 aliphatic carbocycles. The molecule has 0 bridgehead atoms. The van der Waals surface area contributed by atoms with Crippen molar-refractivity contribution in [2.75, 3.05) is 6.54 Å². The van der Waals surface area contributed by atoms with Gasteiger partial charge in [0.25, 0.3) is 0 Å². The molecule has 1 fully saturated rings. The van der Waals surface area contributed by atoms with Gasteiger partial charge in [0.05, 0.1) is 5.84 Å². The Balaban J connectivity index is 2.54. The van der Waals surface area contributed by atoms with Crippen LogP contribution in [0.1, 0.15) is 12.8 Å². The van der Waals surface area contributed by atoms with Crippen LogP contribution in [-0.4, -0.2) is 17.3 Å². The van der Waals surface area contributed by atoms with Crippen LogP contribution < -0.4 is 0 Å². The Morgan fingerprint density at radius 1 is 1.75 bits per heavy atom. The van der Waals surface area contributed by atoms with Gasteiger partial charge in [-0.05, 0) is 12.6 Å². The molecule has 0 atom stereocenters. The highest BCUT2D eigenvalue weighted by atomic mass is 15.2. The summed E-state index contributed by atoms with van der Waals surface area (Å²) in [5, 5.41) is 7.26. The lowest BCUT2D eigenvalue weighted by Gasteiger charge is -2.08. The van der Waals surface area contributed by atoms with Crippen LogP contribution in [0, 0.1) is 5.41 Å². The first kappa shape index (κ1) is 5.35. The van der Waals surface area contributed by atoms with E-state index in [0.717, 1.165) is 19.4 Å². The molecule has 0 spiro atoms. The summed E-state index contributed by atoms with van der Waals surface area (Å²) in [6, 6.07) is 0.